The third-order valence-corrected chi connectivity index (χ3v) is 1.59. The fourth-order valence-corrected chi connectivity index (χ4v) is 0.943. The third kappa shape index (κ3) is 1.54. The molecule has 1 saturated heterocycles. The van der Waals surface area contributed by atoms with Crippen molar-refractivity contribution in [2.24, 2.45) is 11.7 Å². The van der Waals surface area contributed by atoms with E-state index in [1.165, 1.54) is 0 Å². The quantitative estimate of drug-likeness (QED) is 0.477. The molecule has 0 spiro atoms. The molecule has 12 heavy (non-hydrogen) atoms. The van der Waals surface area contributed by atoms with Gasteiger partial charge in [-0.2, -0.15) is 0 Å². The molecule has 6 nitrogen and oxygen atoms in total. The summed E-state index contributed by atoms with van der Waals surface area (Å²) in [4.78, 5) is 26.5. The number of carbonyl (C=O) groups is 2. The Hall–Kier alpha value is -1.14. The molecule has 0 aromatic heterocycles. The van der Waals surface area contributed by atoms with E-state index in [-0.39, 0.29) is 19.8 Å². The summed E-state index contributed by atoms with van der Waals surface area (Å²) >= 11 is 0. The lowest BCUT2D eigenvalue weighted by atomic mass is 10.1. The van der Waals surface area contributed by atoms with Crippen molar-refractivity contribution in [1.29, 1.82) is 0 Å². The minimum absolute atomic E-state index is 0.0197. The van der Waals surface area contributed by atoms with E-state index < -0.39 is 17.7 Å². The average Bonchev–Trinajstić information content (AvgIpc) is 2.34. The summed E-state index contributed by atoms with van der Waals surface area (Å²) in [5.41, 5.74) is 4.92. The highest BCUT2D eigenvalue weighted by Crippen LogP contribution is 2.12. The molecule has 3 N–H and O–H groups in total. The van der Waals surface area contributed by atoms with Crippen LogP contribution in [0.2, 0.25) is 0 Å². The SMILES string of the molecule is NC(=O)[C@H]1CON(CCO)C1=O. The summed E-state index contributed by atoms with van der Waals surface area (Å²) in [6, 6.07) is 0. The molecule has 2 amide bonds. The molecule has 0 radical (unpaired) electrons. The maximum atomic E-state index is 11.1. The molecule has 1 atom stereocenters. The number of rotatable bonds is 3. The smallest absolute Gasteiger partial charge is 0.261 e. The number of β-amino-alcohol motifs (C(OH)–C–C–N with tert-alkyl or cyclic N) is 1. The predicted octanol–water partition coefficient (Wildman–Crippen LogP) is -2.15. The number of amides is 2. The maximum absolute atomic E-state index is 11.1. The Morgan fingerprint density at radius 2 is 2.50 bits per heavy atom. The van der Waals surface area contributed by atoms with Gasteiger partial charge in [0.1, 0.15) is 5.92 Å². The highest BCUT2D eigenvalue weighted by atomic mass is 16.7. The number of aliphatic hydroxyl groups excluding tert-OH is 1. The number of carbonyl (C=O) groups excluding carboxylic acids is 2. The van der Waals surface area contributed by atoms with E-state index in [4.69, 9.17) is 15.7 Å². The number of nitrogens with zero attached hydrogens (tertiary/aromatic N) is 1. The summed E-state index contributed by atoms with van der Waals surface area (Å²) in [6.07, 6.45) is 0. The lowest BCUT2D eigenvalue weighted by molar-refractivity contribution is -0.163. The second kappa shape index (κ2) is 3.51. The molecule has 0 unspecified atom stereocenters. The molecular formula is C6H10N2O4. The molecule has 0 bridgehead atoms. The van der Waals surface area contributed by atoms with Crippen molar-refractivity contribution in [3.63, 3.8) is 0 Å². The fourth-order valence-electron chi connectivity index (χ4n) is 0.943. The number of hydroxylamine groups is 2. The summed E-state index contributed by atoms with van der Waals surface area (Å²) in [7, 11) is 0. The number of aliphatic hydroxyl groups is 1. The Morgan fingerprint density at radius 3 is 2.92 bits per heavy atom. The first kappa shape index (κ1) is 8.95. The molecule has 1 aliphatic heterocycles. The number of hydrogen-bond donors (Lipinski definition) is 2. The Balaban J connectivity index is 2.55. The normalized spacial score (nSPS) is 23.2. The Morgan fingerprint density at radius 1 is 1.83 bits per heavy atom. The monoisotopic (exact) mass is 174 g/mol. The summed E-state index contributed by atoms with van der Waals surface area (Å²) in [5.74, 6) is -2.06. The van der Waals surface area contributed by atoms with E-state index in [2.05, 4.69) is 0 Å². The third-order valence-electron chi connectivity index (χ3n) is 1.59. The molecule has 1 rings (SSSR count). The van der Waals surface area contributed by atoms with Crippen LogP contribution in [0.1, 0.15) is 0 Å². The van der Waals surface area contributed by atoms with Gasteiger partial charge in [-0.1, -0.05) is 0 Å². The van der Waals surface area contributed by atoms with Gasteiger partial charge in [0.15, 0.2) is 0 Å². The maximum Gasteiger partial charge on any atom is 0.261 e. The Kier molecular flexibility index (Phi) is 2.61. The summed E-state index contributed by atoms with van der Waals surface area (Å²) in [5, 5.41) is 9.43. The molecule has 68 valence electrons. The molecule has 0 aliphatic carbocycles. The van der Waals surface area contributed by atoms with E-state index in [0.717, 1.165) is 5.06 Å². The van der Waals surface area contributed by atoms with Gasteiger partial charge in [0.05, 0.1) is 19.8 Å². The summed E-state index contributed by atoms with van der Waals surface area (Å²) in [6.45, 7) is -0.145. The van der Waals surface area contributed by atoms with Crippen molar-refractivity contribution in [1.82, 2.24) is 5.06 Å². The highest BCUT2D eigenvalue weighted by molar-refractivity contribution is 6.00. The van der Waals surface area contributed by atoms with Gasteiger partial charge in [0, 0.05) is 0 Å². The van der Waals surface area contributed by atoms with Gasteiger partial charge in [-0.15, -0.1) is 0 Å². The Labute approximate surface area is 68.8 Å². The van der Waals surface area contributed by atoms with E-state index in [1.807, 2.05) is 0 Å². The van der Waals surface area contributed by atoms with Gasteiger partial charge in [0.25, 0.3) is 5.91 Å². The van der Waals surface area contributed by atoms with Crippen LogP contribution in [0.5, 0.6) is 0 Å². The first-order valence-electron chi connectivity index (χ1n) is 3.51. The number of primary amides is 1. The van der Waals surface area contributed by atoms with Gasteiger partial charge < -0.3 is 10.8 Å². The molecule has 1 aliphatic rings. The average molecular weight is 174 g/mol. The largest absolute Gasteiger partial charge is 0.394 e. The lowest BCUT2D eigenvalue weighted by Crippen LogP contribution is -2.34. The van der Waals surface area contributed by atoms with Crippen molar-refractivity contribution < 1.29 is 19.5 Å². The van der Waals surface area contributed by atoms with Gasteiger partial charge >= 0.3 is 0 Å². The van der Waals surface area contributed by atoms with Crippen LogP contribution >= 0.6 is 0 Å². The van der Waals surface area contributed by atoms with Crippen LogP contribution in [-0.4, -0.2) is 41.7 Å². The van der Waals surface area contributed by atoms with Crippen molar-refractivity contribution in [3.8, 4) is 0 Å². The van der Waals surface area contributed by atoms with Crippen LogP contribution in [0.25, 0.3) is 0 Å². The van der Waals surface area contributed by atoms with E-state index in [1.54, 1.807) is 0 Å². The first-order valence-corrected chi connectivity index (χ1v) is 3.51. The van der Waals surface area contributed by atoms with Gasteiger partial charge in [-0.3, -0.25) is 14.4 Å². The van der Waals surface area contributed by atoms with Gasteiger partial charge in [-0.05, 0) is 0 Å². The molecule has 0 aromatic carbocycles. The zero-order chi connectivity index (χ0) is 9.14. The first-order chi connectivity index (χ1) is 5.66. The second-order valence-electron chi connectivity index (χ2n) is 2.41. The highest BCUT2D eigenvalue weighted by Gasteiger charge is 2.36. The van der Waals surface area contributed by atoms with Crippen molar-refractivity contribution >= 4 is 11.8 Å². The Bertz CT molecular complexity index is 206. The van der Waals surface area contributed by atoms with E-state index in [9.17, 15) is 9.59 Å². The minimum atomic E-state index is -0.892. The van der Waals surface area contributed by atoms with Crippen molar-refractivity contribution in [2.75, 3.05) is 19.8 Å². The van der Waals surface area contributed by atoms with Crippen molar-refractivity contribution in [3.05, 3.63) is 0 Å². The molecule has 0 saturated carbocycles. The fraction of sp³-hybridized carbons (Fsp3) is 0.667. The zero-order valence-corrected chi connectivity index (χ0v) is 6.40. The number of hydrogen-bond acceptors (Lipinski definition) is 4. The van der Waals surface area contributed by atoms with Crippen LogP contribution in [0, 0.1) is 5.92 Å². The summed E-state index contributed by atoms with van der Waals surface area (Å²) < 4.78 is 0. The predicted molar refractivity (Wildman–Crippen MR) is 37.4 cm³/mol. The standard InChI is InChI=1S/C6H10N2O4/c7-5(10)4-3-12-8(1-2-9)6(4)11/h4,9H,1-3H2,(H2,7,10)/t4-/m1/s1. The number of nitrogens with two attached hydrogens (primary N) is 1. The van der Waals surface area contributed by atoms with Crippen LogP contribution in [0.3, 0.4) is 0 Å². The van der Waals surface area contributed by atoms with E-state index in [0.29, 0.717) is 0 Å². The van der Waals surface area contributed by atoms with Crippen LogP contribution < -0.4 is 5.73 Å². The second-order valence-corrected chi connectivity index (χ2v) is 2.41. The van der Waals surface area contributed by atoms with Crippen molar-refractivity contribution in [2.45, 2.75) is 0 Å². The van der Waals surface area contributed by atoms with Crippen LogP contribution in [0.15, 0.2) is 0 Å². The lowest BCUT2D eigenvalue weighted by Gasteiger charge is -2.11. The van der Waals surface area contributed by atoms with Crippen LogP contribution in [0.4, 0.5) is 0 Å². The van der Waals surface area contributed by atoms with Gasteiger partial charge in [0.2, 0.25) is 5.91 Å². The minimum Gasteiger partial charge on any atom is -0.394 e. The van der Waals surface area contributed by atoms with Gasteiger partial charge in [-0.25, -0.2) is 5.06 Å². The zero-order valence-electron chi connectivity index (χ0n) is 6.40. The van der Waals surface area contributed by atoms with Crippen LogP contribution in [-0.2, 0) is 14.4 Å². The molecule has 0 aromatic rings. The molecule has 6 heteroatoms. The molecule has 1 fully saturated rings. The molecular weight excluding hydrogens is 164 g/mol. The topological polar surface area (TPSA) is 92.9 Å². The molecule has 1 heterocycles. The van der Waals surface area contributed by atoms with E-state index >= 15 is 0 Å².